The standard InChI is InChI=1S/C16H15Cl2N3/c1-19-15(9-11-5-6-13(17)14(18)8-11)12-10-20-21-7-3-2-4-16(12)21/h2-8,10,15,19H,9H2,1H3. The summed E-state index contributed by atoms with van der Waals surface area (Å²) in [6, 6.07) is 12.0. The first kappa shape index (κ1) is 14.4. The van der Waals surface area contributed by atoms with Crippen molar-refractivity contribution in [1.82, 2.24) is 14.9 Å². The molecule has 0 aliphatic carbocycles. The highest BCUT2D eigenvalue weighted by atomic mass is 35.5. The third-order valence-corrected chi connectivity index (χ3v) is 4.34. The summed E-state index contributed by atoms with van der Waals surface area (Å²) >= 11 is 12.1. The van der Waals surface area contributed by atoms with Gasteiger partial charge in [-0.3, -0.25) is 0 Å². The van der Waals surface area contributed by atoms with Crippen LogP contribution in [0.1, 0.15) is 17.2 Å². The van der Waals surface area contributed by atoms with Crippen LogP contribution in [0.3, 0.4) is 0 Å². The molecular formula is C16H15Cl2N3. The quantitative estimate of drug-likeness (QED) is 0.783. The summed E-state index contributed by atoms with van der Waals surface area (Å²) < 4.78 is 1.88. The smallest absolute Gasteiger partial charge is 0.0709 e. The van der Waals surface area contributed by atoms with Gasteiger partial charge in [0.15, 0.2) is 0 Å². The maximum absolute atomic E-state index is 6.09. The molecule has 108 valence electrons. The normalized spacial score (nSPS) is 12.7. The van der Waals surface area contributed by atoms with Gasteiger partial charge in [-0.15, -0.1) is 0 Å². The number of rotatable bonds is 4. The highest BCUT2D eigenvalue weighted by Gasteiger charge is 2.15. The number of aromatic nitrogens is 2. The van der Waals surface area contributed by atoms with Gasteiger partial charge in [-0.1, -0.05) is 35.3 Å². The number of fused-ring (bicyclic) bond motifs is 1. The molecule has 1 N–H and O–H groups in total. The number of nitrogens with zero attached hydrogens (tertiary/aromatic N) is 2. The van der Waals surface area contributed by atoms with Gasteiger partial charge in [-0.2, -0.15) is 5.10 Å². The second-order valence-corrected chi connectivity index (χ2v) is 5.74. The Balaban J connectivity index is 1.93. The molecule has 3 rings (SSSR count). The van der Waals surface area contributed by atoms with Crippen molar-refractivity contribution in [3.05, 3.63) is 70.0 Å². The average Bonchev–Trinajstić information content (AvgIpc) is 2.92. The van der Waals surface area contributed by atoms with Crippen LogP contribution in [0, 0.1) is 0 Å². The Kier molecular flexibility index (Phi) is 4.15. The molecule has 0 fully saturated rings. The van der Waals surface area contributed by atoms with Crippen molar-refractivity contribution in [2.75, 3.05) is 7.05 Å². The van der Waals surface area contributed by atoms with Gasteiger partial charge < -0.3 is 5.32 Å². The number of hydrogen-bond donors (Lipinski definition) is 1. The molecule has 1 atom stereocenters. The molecule has 5 heteroatoms. The zero-order valence-electron chi connectivity index (χ0n) is 11.6. The van der Waals surface area contributed by atoms with Crippen LogP contribution in [0.5, 0.6) is 0 Å². The van der Waals surface area contributed by atoms with E-state index in [9.17, 15) is 0 Å². The Morgan fingerprint density at radius 1 is 1.19 bits per heavy atom. The first-order chi connectivity index (χ1) is 10.2. The fourth-order valence-corrected chi connectivity index (χ4v) is 2.81. The fourth-order valence-electron chi connectivity index (χ4n) is 2.49. The summed E-state index contributed by atoms with van der Waals surface area (Å²) in [5.74, 6) is 0. The number of halogens is 2. The molecule has 0 bridgehead atoms. The van der Waals surface area contributed by atoms with E-state index in [2.05, 4.69) is 16.5 Å². The third kappa shape index (κ3) is 2.91. The molecule has 2 aromatic heterocycles. The number of benzene rings is 1. The zero-order chi connectivity index (χ0) is 14.8. The summed E-state index contributed by atoms with van der Waals surface area (Å²) in [6.07, 6.45) is 4.68. The molecule has 0 saturated heterocycles. The largest absolute Gasteiger partial charge is 0.313 e. The van der Waals surface area contributed by atoms with Crippen LogP contribution in [0.25, 0.3) is 5.52 Å². The molecule has 1 unspecified atom stereocenters. The van der Waals surface area contributed by atoms with Gasteiger partial charge in [0, 0.05) is 17.8 Å². The second-order valence-electron chi connectivity index (χ2n) is 4.92. The van der Waals surface area contributed by atoms with Crippen molar-refractivity contribution < 1.29 is 0 Å². The van der Waals surface area contributed by atoms with Crippen molar-refractivity contribution in [2.45, 2.75) is 12.5 Å². The Labute approximate surface area is 133 Å². The first-order valence-electron chi connectivity index (χ1n) is 6.72. The summed E-state index contributed by atoms with van der Waals surface area (Å²) in [7, 11) is 1.95. The van der Waals surface area contributed by atoms with Crippen molar-refractivity contribution >= 4 is 28.7 Å². The molecule has 0 aliphatic rings. The predicted molar refractivity (Wildman–Crippen MR) is 87.2 cm³/mol. The second kappa shape index (κ2) is 6.06. The minimum Gasteiger partial charge on any atom is -0.313 e. The Hall–Kier alpha value is -1.55. The van der Waals surface area contributed by atoms with Crippen LogP contribution in [-0.2, 0) is 6.42 Å². The highest BCUT2D eigenvalue weighted by molar-refractivity contribution is 6.42. The zero-order valence-corrected chi connectivity index (χ0v) is 13.1. The summed E-state index contributed by atoms with van der Waals surface area (Å²) in [4.78, 5) is 0. The predicted octanol–water partition coefficient (Wildman–Crippen LogP) is 4.14. The monoisotopic (exact) mass is 319 g/mol. The summed E-state index contributed by atoms with van der Waals surface area (Å²) in [6.45, 7) is 0. The van der Waals surface area contributed by atoms with Crippen LogP contribution < -0.4 is 5.32 Å². The van der Waals surface area contributed by atoms with E-state index in [1.165, 1.54) is 5.56 Å². The first-order valence-corrected chi connectivity index (χ1v) is 7.48. The molecule has 21 heavy (non-hydrogen) atoms. The van der Waals surface area contributed by atoms with Crippen LogP contribution >= 0.6 is 23.2 Å². The lowest BCUT2D eigenvalue weighted by atomic mass is 10.00. The van der Waals surface area contributed by atoms with E-state index in [1.807, 2.05) is 54.3 Å². The van der Waals surface area contributed by atoms with Crippen LogP contribution in [0.4, 0.5) is 0 Å². The number of hydrogen-bond acceptors (Lipinski definition) is 2. The molecule has 1 aromatic carbocycles. The Morgan fingerprint density at radius 3 is 2.81 bits per heavy atom. The molecule has 3 aromatic rings. The maximum Gasteiger partial charge on any atom is 0.0709 e. The van der Waals surface area contributed by atoms with Gasteiger partial charge in [-0.05, 0) is 43.3 Å². The van der Waals surface area contributed by atoms with Gasteiger partial charge in [0.25, 0.3) is 0 Å². The molecule has 0 amide bonds. The van der Waals surface area contributed by atoms with Gasteiger partial charge in [0.2, 0.25) is 0 Å². The molecule has 0 aliphatic heterocycles. The molecular weight excluding hydrogens is 305 g/mol. The van der Waals surface area contributed by atoms with Crippen molar-refractivity contribution in [3.8, 4) is 0 Å². The Morgan fingerprint density at radius 2 is 2.05 bits per heavy atom. The van der Waals surface area contributed by atoms with E-state index in [0.717, 1.165) is 17.5 Å². The highest BCUT2D eigenvalue weighted by Crippen LogP contribution is 2.27. The SMILES string of the molecule is CNC(Cc1ccc(Cl)c(Cl)c1)c1cnn2ccccc12. The van der Waals surface area contributed by atoms with Crippen molar-refractivity contribution in [3.63, 3.8) is 0 Å². The number of nitrogens with one attached hydrogen (secondary N) is 1. The number of likely N-dealkylation sites (N-methyl/N-ethyl adjacent to an activating group) is 1. The van der Waals surface area contributed by atoms with E-state index in [0.29, 0.717) is 10.0 Å². The average molecular weight is 320 g/mol. The topological polar surface area (TPSA) is 29.3 Å². The molecule has 0 radical (unpaired) electrons. The lowest BCUT2D eigenvalue weighted by Crippen LogP contribution is -2.18. The summed E-state index contributed by atoms with van der Waals surface area (Å²) in [5.41, 5.74) is 3.42. The van der Waals surface area contributed by atoms with Crippen molar-refractivity contribution in [1.29, 1.82) is 0 Å². The van der Waals surface area contributed by atoms with Gasteiger partial charge in [0.05, 0.1) is 21.8 Å². The van der Waals surface area contributed by atoms with Crippen LogP contribution in [0.2, 0.25) is 10.0 Å². The van der Waals surface area contributed by atoms with Crippen LogP contribution in [0.15, 0.2) is 48.8 Å². The maximum atomic E-state index is 6.09. The molecule has 2 heterocycles. The molecule has 3 nitrogen and oxygen atoms in total. The van der Waals surface area contributed by atoms with E-state index in [4.69, 9.17) is 23.2 Å². The van der Waals surface area contributed by atoms with E-state index < -0.39 is 0 Å². The van der Waals surface area contributed by atoms with Crippen LogP contribution in [-0.4, -0.2) is 16.7 Å². The van der Waals surface area contributed by atoms with E-state index in [1.54, 1.807) is 0 Å². The molecule has 0 spiro atoms. The lowest BCUT2D eigenvalue weighted by molar-refractivity contribution is 0.596. The number of pyridine rings is 1. The van der Waals surface area contributed by atoms with E-state index >= 15 is 0 Å². The Bertz CT molecular complexity index is 767. The lowest BCUT2D eigenvalue weighted by Gasteiger charge is -2.15. The summed E-state index contributed by atoms with van der Waals surface area (Å²) in [5, 5.41) is 8.91. The van der Waals surface area contributed by atoms with E-state index in [-0.39, 0.29) is 6.04 Å². The minimum atomic E-state index is 0.169. The van der Waals surface area contributed by atoms with Gasteiger partial charge >= 0.3 is 0 Å². The third-order valence-electron chi connectivity index (χ3n) is 3.60. The van der Waals surface area contributed by atoms with Crippen molar-refractivity contribution in [2.24, 2.45) is 0 Å². The van der Waals surface area contributed by atoms with Gasteiger partial charge in [-0.25, -0.2) is 4.52 Å². The fraction of sp³-hybridized carbons (Fsp3) is 0.188. The molecule has 0 saturated carbocycles. The van der Waals surface area contributed by atoms with Gasteiger partial charge in [0.1, 0.15) is 0 Å². The minimum absolute atomic E-state index is 0.169.